The number of hydrogen-bond acceptors (Lipinski definition) is 3. The minimum absolute atomic E-state index is 0.0478. The van der Waals surface area contributed by atoms with Crippen LogP contribution in [0.1, 0.15) is 18.5 Å². The van der Waals surface area contributed by atoms with Gasteiger partial charge in [-0.15, -0.1) is 0 Å². The van der Waals surface area contributed by atoms with Crippen molar-refractivity contribution in [2.24, 2.45) is 0 Å². The lowest BCUT2D eigenvalue weighted by Gasteiger charge is -2.14. The van der Waals surface area contributed by atoms with Crippen molar-refractivity contribution in [2.45, 2.75) is 13.0 Å². The van der Waals surface area contributed by atoms with Gasteiger partial charge in [-0.3, -0.25) is 4.79 Å². The SMILES string of the molecule is COc1ccc(NC(=O)CN[C@@H](C)c2ccc(F)c(F)c2)cc1. The molecule has 23 heavy (non-hydrogen) atoms. The second-order valence-electron chi connectivity index (χ2n) is 5.05. The molecule has 0 aromatic heterocycles. The van der Waals surface area contributed by atoms with E-state index in [-0.39, 0.29) is 18.5 Å². The quantitative estimate of drug-likeness (QED) is 0.859. The highest BCUT2D eigenvalue weighted by atomic mass is 19.2. The van der Waals surface area contributed by atoms with E-state index in [4.69, 9.17) is 4.74 Å². The van der Waals surface area contributed by atoms with Crippen LogP contribution in [-0.4, -0.2) is 19.6 Å². The van der Waals surface area contributed by atoms with E-state index in [2.05, 4.69) is 10.6 Å². The van der Waals surface area contributed by atoms with Crippen molar-refractivity contribution in [1.82, 2.24) is 5.32 Å². The highest BCUT2D eigenvalue weighted by Crippen LogP contribution is 2.16. The van der Waals surface area contributed by atoms with Crippen molar-refractivity contribution in [1.29, 1.82) is 0 Å². The molecule has 0 bridgehead atoms. The molecular formula is C17H18F2N2O2. The molecule has 2 aromatic rings. The van der Waals surface area contributed by atoms with Gasteiger partial charge in [0.25, 0.3) is 0 Å². The molecule has 0 aliphatic heterocycles. The number of carbonyl (C=O) groups is 1. The first-order valence-corrected chi connectivity index (χ1v) is 7.12. The first-order chi connectivity index (χ1) is 11.0. The Balaban J connectivity index is 1.86. The molecular weight excluding hydrogens is 302 g/mol. The van der Waals surface area contributed by atoms with Crippen molar-refractivity contribution in [3.8, 4) is 5.75 Å². The van der Waals surface area contributed by atoms with Crippen molar-refractivity contribution in [3.05, 3.63) is 59.7 Å². The van der Waals surface area contributed by atoms with Gasteiger partial charge in [0.15, 0.2) is 11.6 Å². The second kappa shape index (κ2) is 7.69. The fourth-order valence-electron chi connectivity index (χ4n) is 2.02. The summed E-state index contributed by atoms with van der Waals surface area (Å²) >= 11 is 0. The summed E-state index contributed by atoms with van der Waals surface area (Å²) < 4.78 is 31.1. The van der Waals surface area contributed by atoms with E-state index in [1.807, 2.05) is 0 Å². The average Bonchev–Trinajstić information content (AvgIpc) is 2.56. The van der Waals surface area contributed by atoms with Crippen LogP contribution in [0.5, 0.6) is 5.75 Å². The Morgan fingerprint density at radius 2 is 1.83 bits per heavy atom. The number of carbonyl (C=O) groups excluding carboxylic acids is 1. The number of rotatable bonds is 6. The molecule has 0 aliphatic rings. The van der Waals surface area contributed by atoms with Gasteiger partial charge in [0.05, 0.1) is 13.7 Å². The monoisotopic (exact) mass is 320 g/mol. The van der Waals surface area contributed by atoms with Crippen molar-refractivity contribution in [2.75, 3.05) is 19.0 Å². The number of halogens is 2. The molecule has 0 fully saturated rings. The van der Waals surface area contributed by atoms with E-state index in [1.54, 1.807) is 38.3 Å². The van der Waals surface area contributed by atoms with Gasteiger partial charge in [0, 0.05) is 11.7 Å². The van der Waals surface area contributed by atoms with Crippen LogP contribution in [0, 0.1) is 11.6 Å². The Morgan fingerprint density at radius 3 is 2.43 bits per heavy atom. The standard InChI is InChI=1S/C17H18F2N2O2/c1-11(12-3-8-15(18)16(19)9-12)20-10-17(22)21-13-4-6-14(23-2)7-5-13/h3-9,11,20H,10H2,1-2H3,(H,21,22)/t11-/m0/s1. The average molecular weight is 320 g/mol. The van der Waals surface area contributed by atoms with Gasteiger partial charge >= 0.3 is 0 Å². The number of ether oxygens (including phenoxy) is 1. The molecule has 4 nitrogen and oxygen atoms in total. The molecule has 0 aliphatic carbocycles. The largest absolute Gasteiger partial charge is 0.497 e. The highest BCUT2D eigenvalue weighted by Gasteiger charge is 2.10. The molecule has 0 spiro atoms. The topological polar surface area (TPSA) is 50.4 Å². The Hall–Kier alpha value is -2.47. The van der Waals surface area contributed by atoms with E-state index in [0.717, 1.165) is 12.1 Å². The van der Waals surface area contributed by atoms with Crippen LogP contribution in [0.3, 0.4) is 0 Å². The van der Waals surface area contributed by atoms with Crippen LogP contribution in [0.15, 0.2) is 42.5 Å². The Bertz CT molecular complexity index is 675. The van der Waals surface area contributed by atoms with E-state index < -0.39 is 11.6 Å². The van der Waals surface area contributed by atoms with Crippen LogP contribution < -0.4 is 15.4 Å². The Morgan fingerprint density at radius 1 is 1.13 bits per heavy atom. The Kier molecular flexibility index (Phi) is 5.65. The third-order valence-corrected chi connectivity index (χ3v) is 3.39. The Labute approximate surface area is 133 Å². The van der Waals surface area contributed by atoms with E-state index in [1.165, 1.54) is 6.07 Å². The molecule has 0 heterocycles. The maximum Gasteiger partial charge on any atom is 0.238 e. The fraction of sp³-hybridized carbons (Fsp3) is 0.235. The molecule has 0 radical (unpaired) electrons. The third kappa shape index (κ3) is 4.75. The van der Waals surface area contributed by atoms with Gasteiger partial charge in [-0.2, -0.15) is 0 Å². The molecule has 2 rings (SSSR count). The van der Waals surface area contributed by atoms with Gasteiger partial charge in [-0.25, -0.2) is 8.78 Å². The van der Waals surface area contributed by atoms with E-state index >= 15 is 0 Å². The molecule has 0 unspecified atom stereocenters. The summed E-state index contributed by atoms with van der Waals surface area (Å²) in [7, 11) is 1.57. The molecule has 122 valence electrons. The number of hydrogen-bond donors (Lipinski definition) is 2. The number of amides is 1. The number of methoxy groups -OCH3 is 1. The summed E-state index contributed by atoms with van der Waals surface area (Å²) in [5.74, 6) is -1.32. The lowest BCUT2D eigenvalue weighted by Crippen LogP contribution is -2.30. The lowest BCUT2D eigenvalue weighted by molar-refractivity contribution is -0.115. The first kappa shape index (κ1) is 16.9. The van der Waals surface area contributed by atoms with Gasteiger partial charge in [0.1, 0.15) is 5.75 Å². The van der Waals surface area contributed by atoms with Crippen molar-refractivity contribution in [3.63, 3.8) is 0 Å². The summed E-state index contributed by atoms with van der Waals surface area (Å²) in [6.07, 6.45) is 0. The molecule has 6 heteroatoms. The molecule has 0 saturated heterocycles. The first-order valence-electron chi connectivity index (χ1n) is 7.12. The second-order valence-corrected chi connectivity index (χ2v) is 5.05. The zero-order valence-electron chi connectivity index (χ0n) is 12.9. The third-order valence-electron chi connectivity index (χ3n) is 3.39. The minimum atomic E-state index is -0.904. The normalized spacial score (nSPS) is 11.8. The van der Waals surface area contributed by atoms with Crippen LogP contribution in [-0.2, 0) is 4.79 Å². The van der Waals surface area contributed by atoms with E-state index in [9.17, 15) is 13.6 Å². The van der Waals surface area contributed by atoms with Gasteiger partial charge in [0.2, 0.25) is 5.91 Å². The molecule has 2 aromatic carbocycles. The highest BCUT2D eigenvalue weighted by molar-refractivity contribution is 5.92. The lowest BCUT2D eigenvalue weighted by atomic mass is 10.1. The predicted octanol–water partition coefficient (Wildman–Crippen LogP) is 3.26. The predicted molar refractivity (Wildman–Crippen MR) is 84.4 cm³/mol. The van der Waals surface area contributed by atoms with Crippen LogP contribution in [0.25, 0.3) is 0 Å². The summed E-state index contributed by atoms with van der Waals surface area (Å²) in [5.41, 5.74) is 1.22. The summed E-state index contributed by atoms with van der Waals surface area (Å²) in [4.78, 5) is 11.9. The fourth-order valence-corrected chi connectivity index (χ4v) is 2.02. The molecule has 2 N–H and O–H groups in total. The smallest absolute Gasteiger partial charge is 0.238 e. The van der Waals surface area contributed by atoms with Crippen molar-refractivity contribution >= 4 is 11.6 Å². The molecule has 1 amide bonds. The van der Waals surface area contributed by atoms with Gasteiger partial charge in [-0.05, 0) is 48.9 Å². The summed E-state index contributed by atoms with van der Waals surface area (Å²) in [6, 6.07) is 10.3. The zero-order chi connectivity index (χ0) is 16.8. The molecule has 0 saturated carbocycles. The van der Waals surface area contributed by atoms with Crippen molar-refractivity contribution < 1.29 is 18.3 Å². The van der Waals surface area contributed by atoms with Gasteiger partial charge < -0.3 is 15.4 Å². The van der Waals surface area contributed by atoms with Crippen LogP contribution in [0.4, 0.5) is 14.5 Å². The van der Waals surface area contributed by atoms with E-state index in [0.29, 0.717) is 17.0 Å². The number of nitrogens with one attached hydrogen (secondary N) is 2. The maximum atomic E-state index is 13.2. The summed E-state index contributed by atoms with van der Waals surface area (Å²) in [6.45, 7) is 1.82. The van der Waals surface area contributed by atoms with Crippen LogP contribution in [0.2, 0.25) is 0 Å². The minimum Gasteiger partial charge on any atom is -0.497 e. The number of benzene rings is 2. The van der Waals surface area contributed by atoms with Gasteiger partial charge in [-0.1, -0.05) is 6.07 Å². The number of anilines is 1. The summed E-state index contributed by atoms with van der Waals surface area (Å²) in [5, 5.41) is 5.69. The maximum absolute atomic E-state index is 13.2. The van der Waals surface area contributed by atoms with Crippen LogP contribution >= 0.6 is 0 Å². The zero-order valence-corrected chi connectivity index (χ0v) is 12.9. The molecule has 1 atom stereocenters.